The molecule has 3 aromatic rings. The number of halogens is 1. The molecular weight excluding hydrogens is 434 g/mol. The van der Waals surface area contributed by atoms with Crippen LogP contribution < -0.4 is 5.32 Å². The monoisotopic (exact) mass is 453 g/mol. The van der Waals surface area contributed by atoms with Crippen molar-refractivity contribution in [2.75, 3.05) is 5.32 Å². The van der Waals surface area contributed by atoms with E-state index in [9.17, 15) is 18.0 Å². The van der Waals surface area contributed by atoms with Crippen LogP contribution in [0.5, 0.6) is 0 Å². The molecule has 1 heterocycles. The van der Waals surface area contributed by atoms with E-state index in [2.05, 4.69) is 5.32 Å². The molecule has 1 N–H and O–H groups in total. The van der Waals surface area contributed by atoms with Crippen molar-refractivity contribution < 1.29 is 18.0 Å². The van der Waals surface area contributed by atoms with Crippen molar-refractivity contribution >= 4 is 38.8 Å². The smallest absolute Gasteiger partial charge is 0.255 e. The van der Waals surface area contributed by atoms with Gasteiger partial charge >= 0.3 is 0 Å². The zero-order chi connectivity index (χ0) is 22.3. The van der Waals surface area contributed by atoms with E-state index in [1.807, 2.05) is 26.0 Å². The Morgan fingerprint density at radius 1 is 0.935 bits per heavy atom. The number of aryl methyl sites for hydroxylation is 1. The molecule has 0 fully saturated rings. The van der Waals surface area contributed by atoms with Gasteiger partial charge in [-0.1, -0.05) is 43.6 Å². The van der Waals surface area contributed by atoms with E-state index in [-0.39, 0.29) is 32.3 Å². The minimum atomic E-state index is -3.92. The average molecular weight is 454 g/mol. The Morgan fingerprint density at radius 2 is 1.65 bits per heavy atom. The highest BCUT2D eigenvalue weighted by Crippen LogP contribution is 2.35. The van der Waals surface area contributed by atoms with Crippen molar-refractivity contribution in [1.29, 1.82) is 0 Å². The largest absolute Gasteiger partial charge is 0.321 e. The van der Waals surface area contributed by atoms with Crippen LogP contribution in [0.2, 0.25) is 5.02 Å². The number of sulfone groups is 1. The van der Waals surface area contributed by atoms with Gasteiger partial charge in [-0.15, -0.1) is 0 Å². The summed E-state index contributed by atoms with van der Waals surface area (Å²) in [5, 5.41) is 3.46. The number of carbonyl (C=O) groups is 2. The van der Waals surface area contributed by atoms with Gasteiger partial charge in [0.1, 0.15) is 0 Å². The van der Waals surface area contributed by atoms with Gasteiger partial charge in [-0.2, -0.15) is 0 Å². The Labute approximate surface area is 186 Å². The molecule has 31 heavy (non-hydrogen) atoms. The summed E-state index contributed by atoms with van der Waals surface area (Å²) in [5.41, 5.74) is 2.77. The molecule has 0 atom stereocenters. The first kappa shape index (κ1) is 21.3. The number of amides is 1. The minimum absolute atomic E-state index is 0.0403. The standard InChI is InChI=1S/C24H20ClNO4S/c1-3-14-10-12-19(25)16(4-2)22(14)26-24(28)15-9-11-18-21(13-15)31(29,30)20-8-6-5-7-17(20)23(18)27/h5-13H,3-4H2,1-2H3,(H,26,28). The fourth-order valence-corrected chi connectivity index (χ4v) is 5.85. The number of rotatable bonds is 4. The number of carbonyl (C=O) groups excluding carboxylic acids is 2. The lowest BCUT2D eigenvalue weighted by Crippen LogP contribution is -2.22. The lowest BCUT2D eigenvalue weighted by Gasteiger charge is -2.20. The first-order chi connectivity index (χ1) is 14.8. The van der Waals surface area contributed by atoms with E-state index in [1.165, 1.54) is 30.3 Å². The predicted octanol–water partition coefficient (Wildman–Crippen LogP) is 5.09. The van der Waals surface area contributed by atoms with Crippen LogP contribution in [0.3, 0.4) is 0 Å². The van der Waals surface area contributed by atoms with Crippen LogP contribution in [0.15, 0.2) is 64.4 Å². The molecule has 0 unspecified atom stereocenters. The summed E-state index contributed by atoms with van der Waals surface area (Å²) in [4.78, 5) is 25.7. The highest BCUT2D eigenvalue weighted by molar-refractivity contribution is 7.91. The van der Waals surface area contributed by atoms with Crippen LogP contribution >= 0.6 is 11.6 Å². The number of benzene rings is 3. The maximum atomic E-state index is 13.1. The van der Waals surface area contributed by atoms with Crippen molar-refractivity contribution in [3.63, 3.8) is 0 Å². The molecule has 4 rings (SSSR count). The Hall–Kier alpha value is -2.96. The molecule has 7 heteroatoms. The molecule has 0 aliphatic carbocycles. The summed E-state index contributed by atoms with van der Waals surface area (Å²) >= 11 is 6.32. The molecule has 0 saturated heterocycles. The molecule has 3 aromatic carbocycles. The first-order valence-corrected chi connectivity index (χ1v) is 11.8. The average Bonchev–Trinajstić information content (AvgIpc) is 2.78. The Bertz CT molecular complexity index is 1350. The number of ketones is 1. The number of nitrogens with one attached hydrogen (secondary N) is 1. The van der Waals surface area contributed by atoms with Gasteiger partial charge in [0.25, 0.3) is 5.91 Å². The predicted molar refractivity (Wildman–Crippen MR) is 120 cm³/mol. The lowest BCUT2D eigenvalue weighted by molar-refractivity contribution is 0.101. The Balaban J connectivity index is 1.78. The minimum Gasteiger partial charge on any atom is -0.321 e. The zero-order valence-electron chi connectivity index (χ0n) is 17.0. The molecule has 0 spiro atoms. The number of fused-ring (bicyclic) bond motifs is 2. The van der Waals surface area contributed by atoms with E-state index >= 15 is 0 Å². The topological polar surface area (TPSA) is 80.3 Å². The van der Waals surface area contributed by atoms with Crippen molar-refractivity contribution in [3.05, 3.63) is 87.4 Å². The van der Waals surface area contributed by atoms with E-state index < -0.39 is 15.7 Å². The molecule has 5 nitrogen and oxygen atoms in total. The van der Waals surface area contributed by atoms with Gasteiger partial charge in [0, 0.05) is 27.4 Å². The summed E-state index contributed by atoms with van der Waals surface area (Å²) in [6.07, 6.45) is 1.33. The fraction of sp³-hybridized carbons (Fsp3) is 0.167. The molecular formula is C24H20ClNO4S. The lowest BCUT2D eigenvalue weighted by atomic mass is 10.00. The van der Waals surface area contributed by atoms with Crippen molar-refractivity contribution in [2.24, 2.45) is 0 Å². The molecule has 1 amide bonds. The van der Waals surface area contributed by atoms with Crippen LogP contribution in [-0.4, -0.2) is 20.1 Å². The second kappa shape index (κ2) is 7.94. The molecule has 158 valence electrons. The second-order valence-electron chi connectivity index (χ2n) is 7.26. The van der Waals surface area contributed by atoms with Crippen molar-refractivity contribution in [1.82, 2.24) is 0 Å². The fourth-order valence-electron chi connectivity index (χ4n) is 3.88. The van der Waals surface area contributed by atoms with Gasteiger partial charge in [0.15, 0.2) is 5.78 Å². The van der Waals surface area contributed by atoms with Gasteiger partial charge < -0.3 is 5.32 Å². The zero-order valence-corrected chi connectivity index (χ0v) is 18.6. The summed E-state index contributed by atoms with van der Waals surface area (Å²) in [7, 11) is -3.92. The number of hydrogen-bond acceptors (Lipinski definition) is 4. The van der Waals surface area contributed by atoms with Crippen LogP contribution in [0.4, 0.5) is 5.69 Å². The summed E-state index contributed by atoms with van der Waals surface area (Å²) in [5.74, 6) is -0.834. The van der Waals surface area contributed by atoms with Gasteiger partial charge in [-0.05, 0) is 60.4 Å². The summed E-state index contributed by atoms with van der Waals surface area (Å²) < 4.78 is 26.2. The first-order valence-electron chi connectivity index (χ1n) is 9.94. The van der Waals surface area contributed by atoms with Gasteiger partial charge in [0.2, 0.25) is 9.84 Å². The normalized spacial score (nSPS) is 14.0. The van der Waals surface area contributed by atoms with E-state index in [0.717, 1.165) is 11.1 Å². The molecule has 0 bridgehead atoms. The van der Waals surface area contributed by atoms with Crippen molar-refractivity contribution in [2.45, 2.75) is 36.5 Å². The van der Waals surface area contributed by atoms with Gasteiger partial charge in [-0.3, -0.25) is 9.59 Å². The number of anilines is 1. The third-order valence-electron chi connectivity index (χ3n) is 5.51. The molecule has 0 radical (unpaired) electrons. The van der Waals surface area contributed by atoms with Gasteiger partial charge in [0.05, 0.1) is 9.79 Å². The van der Waals surface area contributed by atoms with Gasteiger partial charge in [-0.25, -0.2) is 8.42 Å². The molecule has 0 saturated carbocycles. The van der Waals surface area contributed by atoms with Crippen LogP contribution in [0.25, 0.3) is 0 Å². The van der Waals surface area contributed by atoms with Crippen LogP contribution in [0, 0.1) is 0 Å². The summed E-state index contributed by atoms with van der Waals surface area (Å²) in [6.45, 7) is 3.93. The summed E-state index contributed by atoms with van der Waals surface area (Å²) in [6, 6.07) is 13.9. The highest BCUT2D eigenvalue weighted by atomic mass is 35.5. The molecule has 0 aromatic heterocycles. The van der Waals surface area contributed by atoms with Crippen molar-refractivity contribution in [3.8, 4) is 0 Å². The third kappa shape index (κ3) is 3.46. The third-order valence-corrected chi connectivity index (χ3v) is 7.72. The van der Waals surface area contributed by atoms with E-state index in [1.54, 1.807) is 12.1 Å². The van der Waals surface area contributed by atoms with E-state index in [0.29, 0.717) is 23.6 Å². The second-order valence-corrected chi connectivity index (χ2v) is 9.55. The number of hydrogen-bond donors (Lipinski definition) is 1. The maximum Gasteiger partial charge on any atom is 0.255 e. The Kier molecular flexibility index (Phi) is 5.45. The maximum absolute atomic E-state index is 13.1. The Morgan fingerprint density at radius 3 is 2.35 bits per heavy atom. The molecule has 1 aliphatic rings. The SMILES string of the molecule is CCc1ccc(Cl)c(CC)c1NC(=O)c1ccc2c(c1)S(=O)(=O)c1ccccc1C2=O. The quantitative estimate of drug-likeness (QED) is 0.466. The van der Waals surface area contributed by atoms with Crippen LogP contribution in [-0.2, 0) is 22.7 Å². The highest BCUT2D eigenvalue weighted by Gasteiger charge is 2.35. The van der Waals surface area contributed by atoms with Crippen LogP contribution in [0.1, 0.15) is 51.3 Å². The van der Waals surface area contributed by atoms with E-state index in [4.69, 9.17) is 11.6 Å². The molecule has 1 aliphatic heterocycles.